The Labute approximate surface area is 180 Å². The van der Waals surface area contributed by atoms with E-state index in [4.69, 9.17) is 11.6 Å². The highest BCUT2D eigenvalue weighted by molar-refractivity contribution is 7.92. The van der Waals surface area contributed by atoms with Crippen molar-refractivity contribution in [2.45, 2.75) is 38.1 Å². The molecule has 2 aromatic carbocycles. The van der Waals surface area contributed by atoms with Crippen LogP contribution in [0, 0.1) is 0 Å². The fourth-order valence-corrected chi connectivity index (χ4v) is 4.24. The molecule has 0 aliphatic carbocycles. The molecule has 0 atom stereocenters. The Kier molecular flexibility index (Phi) is 6.42. The first-order chi connectivity index (χ1) is 14.2. The van der Waals surface area contributed by atoms with Crippen LogP contribution in [0.1, 0.15) is 43.0 Å². The molecule has 0 fully saturated rings. The number of carbonyl (C=O) groups is 1. The summed E-state index contributed by atoms with van der Waals surface area (Å²) < 4.78 is 30.0. The van der Waals surface area contributed by atoms with E-state index in [1.807, 2.05) is 20.8 Å². The molecule has 0 aliphatic rings. The number of nitrogens with one attached hydrogen (secondary N) is 2. The molecule has 0 aliphatic heterocycles. The lowest BCUT2D eigenvalue weighted by molar-refractivity contribution is 0.101. The molecule has 30 heavy (non-hydrogen) atoms. The average Bonchev–Trinajstić information content (AvgIpc) is 3.20. The second kappa shape index (κ2) is 8.85. The Balaban J connectivity index is 1.87. The maximum Gasteiger partial charge on any atom is 0.295 e. The Hall–Kier alpha value is -2.91. The van der Waals surface area contributed by atoms with Crippen LogP contribution in [-0.2, 0) is 16.4 Å². The van der Waals surface area contributed by atoms with Crippen LogP contribution in [-0.4, -0.2) is 29.1 Å². The highest BCUT2D eigenvalue weighted by Gasteiger charge is 2.20. The number of halogens is 1. The van der Waals surface area contributed by atoms with Crippen LogP contribution in [0.5, 0.6) is 0 Å². The van der Waals surface area contributed by atoms with Gasteiger partial charge >= 0.3 is 0 Å². The van der Waals surface area contributed by atoms with Gasteiger partial charge in [0.05, 0.1) is 4.90 Å². The van der Waals surface area contributed by atoms with Crippen LogP contribution in [0.3, 0.4) is 0 Å². The SMILES string of the molecule is CCc1ccc(NC(=O)c2ncn(C(C)C)n2)cc1S(=O)(=O)Nc1ccc(Cl)cc1. The van der Waals surface area contributed by atoms with Crippen LogP contribution in [0.4, 0.5) is 11.4 Å². The van der Waals surface area contributed by atoms with Gasteiger partial charge in [0.2, 0.25) is 5.82 Å². The quantitative estimate of drug-likeness (QED) is 0.566. The maximum absolute atomic E-state index is 13.0. The van der Waals surface area contributed by atoms with Crippen molar-refractivity contribution in [2.75, 3.05) is 10.0 Å². The van der Waals surface area contributed by atoms with Crippen LogP contribution >= 0.6 is 11.6 Å². The Morgan fingerprint density at radius 3 is 2.40 bits per heavy atom. The summed E-state index contributed by atoms with van der Waals surface area (Å²) in [5.74, 6) is -0.514. The number of rotatable bonds is 7. The van der Waals surface area contributed by atoms with E-state index < -0.39 is 15.9 Å². The summed E-state index contributed by atoms with van der Waals surface area (Å²) in [6.45, 7) is 5.70. The van der Waals surface area contributed by atoms with Gasteiger partial charge in [0.25, 0.3) is 15.9 Å². The van der Waals surface area contributed by atoms with Crippen molar-refractivity contribution in [3.8, 4) is 0 Å². The summed E-state index contributed by atoms with van der Waals surface area (Å²) in [5.41, 5.74) is 1.34. The number of amides is 1. The monoisotopic (exact) mass is 447 g/mol. The van der Waals surface area contributed by atoms with E-state index in [1.165, 1.54) is 12.4 Å². The summed E-state index contributed by atoms with van der Waals surface area (Å²) >= 11 is 5.86. The van der Waals surface area contributed by atoms with Gasteiger partial charge in [-0.1, -0.05) is 24.6 Å². The van der Waals surface area contributed by atoms with Crippen molar-refractivity contribution in [1.82, 2.24) is 14.8 Å². The van der Waals surface area contributed by atoms with Crippen LogP contribution in [0.15, 0.2) is 53.7 Å². The van der Waals surface area contributed by atoms with Gasteiger partial charge in [-0.3, -0.25) is 9.52 Å². The second-order valence-electron chi connectivity index (χ2n) is 6.88. The van der Waals surface area contributed by atoms with Crippen molar-refractivity contribution in [1.29, 1.82) is 0 Å². The molecule has 0 saturated heterocycles. The van der Waals surface area contributed by atoms with Gasteiger partial charge in [-0.05, 0) is 62.2 Å². The first-order valence-electron chi connectivity index (χ1n) is 9.33. The molecule has 1 heterocycles. The molecule has 158 valence electrons. The number of anilines is 2. The molecule has 1 aromatic heterocycles. The lowest BCUT2D eigenvalue weighted by atomic mass is 10.1. The van der Waals surface area contributed by atoms with E-state index in [-0.39, 0.29) is 16.8 Å². The summed E-state index contributed by atoms with van der Waals surface area (Å²) in [4.78, 5) is 16.5. The fourth-order valence-electron chi connectivity index (χ4n) is 2.72. The van der Waals surface area contributed by atoms with Crippen molar-refractivity contribution in [3.05, 3.63) is 65.2 Å². The number of carbonyl (C=O) groups excluding carboxylic acids is 1. The Morgan fingerprint density at radius 1 is 1.13 bits per heavy atom. The van der Waals surface area contributed by atoms with Crippen LogP contribution in [0.25, 0.3) is 0 Å². The lowest BCUT2D eigenvalue weighted by Crippen LogP contribution is -2.17. The minimum absolute atomic E-state index is 0.00645. The normalized spacial score (nSPS) is 11.5. The summed E-state index contributed by atoms with van der Waals surface area (Å²) in [7, 11) is -3.88. The molecule has 10 heteroatoms. The zero-order valence-electron chi connectivity index (χ0n) is 16.8. The number of aryl methyl sites for hydroxylation is 1. The van der Waals surface area contributed by atoms with Crippen molar-refractivity contribution in [2.24, 2.45) is 0 Å². The molecular weight excluding hydrogens is 426 g/mol. The van der Waals surface area contributed by atoms with E-state index in [0.29, 0.717) is 28.4 Å². The summed E-state index contributed by atoms with van der Waals surface area (Å²) in [5, 5.41) is 7.29. The van der Waals surface area contributed by atoms with Crippen molar-refractivity contribution >= 4 is 38.9 Å². The van der Waals surface area contributed by atoms with E-state index in [9.17, 15) is 13.2 Å². The number of aromatic nitrogens is 3. The first-order valence-corrected chi connectivity index (χ1v) is 11.2. The predicted octanol–water partition coefficient (Wildman–Crippen LogP) is 4.13. The van der Waals surface area contributed by atoms with E-state index in [2.05, 4.69) is 20.1 Å². The number of nitrogens with zero attached hydrogens (tertiary/aromatic N) is 3. The summed E-state index contributed by atoms with van der Waals surface area (Å²) in [6, 6.07) is 11.2. The molecule has 0 bridgehead atoms. The fraction of sp³-hybridized carbons (Fsp3) is 0.250. The topological polar surface area (TPSA) is 106 Å². The Morgan fingerprint density at radius 2 is 1.80 bits per heavy atom. The highest BCUT2D eigenvalue weighted by atomic mass is 35.5. The van der Waals surface area contributed by atoms with Crippen molar-refractivity contribution < 1.29 is 13.2 Å². The van der Waals surface area contributed by atoms with Gasteiger partial charge < -0.3 is 5.32 Å². The smallest absolute Gasteiger partial charge is 0.295 e. The largest absolute Gasteiger partial charge is 0.319 e. The van der Waals surface area contributed by atoms with Gasteiger partial charge in [0.1, 0.15) is 6.33 Å². The van der Waals surface area contributed by atoms with Gasteiger partial charge in [-0.15, -0.1) is 5.10 Å². The van der Waals surface area contributed by atoms with Crippen molar-refractivity contribution in [3.63, 3.8) is 0 Å². The van der Waals surface area contributed by atoms with Gasteiger partial charge in [0.15, 0.2) is 0 Å². The number of sulfonamides is 1. The molecule has 0 radical (unpaired) electrons. The van der Waals surface area contributed by atoms with E-state index in [1.54, 1.807) is 41.1 Å². The van der Waals surface area contributed by atoms with Crippen LogP contribution < -0.4 is 10.0 Å². The molecule has 0 spiro atoms. The minimum Gasteiger partial charge on any atom is -0.319 e. The molecule has 0 unspecified atom stereocenters. The van der Waals surface area contributed by atoms with Gasteiger partial charge in [0, 0.05) is 22.4 Å². The molecule has 1 amide bonds. The van der Waals surface area contributed by atoms with Crippen LogP contribution in [0.2, 0.25) is 5.02 Å². The Bertz CT molecular complexity index is 1160. The third-order valence-electron chi connectivity index (χ3n) is 4.33. The maximum atomic E-state index is 13.0. The predicted molar refractivity (Wildman–Crippen MR) is 116 cm³/mol. The molecule has 3 rings (SSSR count). The number of hydrogen-bond donors (Lipinski definition) is 2. The third-order valence-corrected chi connectivity index (χ3v) is 6.05. The number of benzene rings is 2. The van der Waals surface area contributed by atoms with Gasteiger partial charge in [-0.2, -0.15) is 0 Å². The standard InChI is InChI=1S/C20H22ClN5O3S/c1-4-14-5-8-17(23-20(27)19-22-12-26(24-19)13(2)3)11-18(14)30(28,29)25-16-9-6-15(21)7-10-16/h5-13,25H,4H2,1-3H3,(H,23,27). The van der Waals surface area contributed by atoms with Gasteiger partial charge in [-0.25, -0.2) is 18.1 Å². The molecule has 3 aromatic rings. The highest BCUT2D eigenvalue weighted by Crippen LogP contribution is 2.25. The molecule has 0 saturated carbocycles. The zero-order chi connectivity index (χ0) is 21.9. The third kappa shape index (κ3) is 4.98. The zero-order valence-corrected chi connectivity index (χ0v) is 18.3. The number of hydrogen-bond acceptors (Lipinski definition) is 5. The summed E-state index contributed by atoms with van der Waals surface area (Å²) in [6.07, 6.45) is 1.98. The van der Waals surface area contributed by atoms with E-state index >= 15 is 0 Å². The average molecular weight is 448 g/mol. The second-order valence-corrected chi connectivity index (χ2v) is 8.97. The minimum atomic E-state index is -3.88. The van der Waals surface area contributed by atoms with E-state index in [0.717, 1.165) is 0 Å². The molecule has 2 N–H and O–H groups in total. The molecular formula is C20H22ClN5O3S. The lowest BCUT2D eigenvalue weighted by Gasteiger charge is -2.13. The first kappa shape index (κ1) is 21.8. The molecule has 8 nitrogen and oxygen atoms in total.